The average molecular weight is 287 g/mol. The van der Waals surface area contributed by atoms with Gasteiger partial charge < -0.3 is 15.1 Å². The largest absolute Gasteiger partial charge is 0.367 e. The molecule has 1 aromatic rings. The molecule has 0 aliphatic carbocycles. The third-order valence-electron chi connectivity index (χ3n) is 3.74. The van der Waals surface area contributed by atoms with Crippen LogP contribution in [-0.4, -0.2) is 43.5 Å². The molecule has 0 saturated carbocycles. The first-order valence-corrected chi connectivity index (χ1v) is 7.62. The van der Waals surface area contributed by atoms with Crippen molar-refractivity contribution >= 4 is 17.3 Å². The number of amides is 1. The number of anilines is 2. The molecule has 0 spiro atoms. The normalized spacial score (nSPS) is 15.7. The number of nitrogens with zero attached hydrogens (tertiary/aromatic N) is 2. The van der Waals surface area contributed by atoms with Crippen LogP contribution in [-0.2, 0) is 4.79 Å². The van der Waals surface area contributed by atoms with Gasteiger partial charge in [0.15, 0.2) is 0 Å². The highest BCUT2D eigenvalue weighted by Gasteiger charge is 2.18. The van der Waals surface area contributed by atoms with E-state index in [0.29, 0.717) is 0 Å². The molecular formula is C17H25N3O. The number of allylic oxidation sites excluding steroid dienone is 1. The Hall–Kier alpha value is -1.81. The minimum absolute atomic E-state index is 0.0605. The highest BCUT2D eigenvalue weighted by atomic mass is 16.1. The van der Waals surface area contributed by atoms with Crippen molar-refractivity contribution in [3.05, 3.63) is 35.9 Å². The number of benzene rings is 1. The van der Waals surface area contributed by atoms with E-state index in [1.807, 2.05) is 32.0 Å². The van der Waals surface area contributed by atoms with Crippen LogP contribution in [0.5, 0.6) is 0 Å². The van der Waals surface area contributed by atoms with Crippen molar-refractivity contribution in [2.45, 2.75) is 20.8 Å². The van der Waals surface area contributed by atoms with Gasteiger partial charge in [0.2, 0.25) is 5.91 Å². The van der Waals surface area contributed by atoms with E-state index in [2.05, 4.69) is 28.1 Å². The van der Waals surface area contributed by atoms with Crippen molar-refractivity contribution in [1.29, 1.82) is 0 Å². The summed E-state index contributed by atoms with van der Waals surface area (Å²) < 4.78 is 0. The van der Waals surface area contributed by atoms with Crippen molar-refractivity contribution in [3.63, 3.8) is 0 Å². The first kappa shape index (κ1) is 15.6. The predicted molar refractivity (Wildman–Crippen MR) is 88.8 cm³/mol. The molecule has 0 unspecified atom stereocenters. The molecule has 0 radical (unpaired) electrons. The second kappa shape index (κ2) is 7.27. The lowest BCUT2D eigenvalue weighted by molar-refractivity contribution is -0.111. The topological polar surface area (TPSA) is 35.6 Å². The summed E-state index contributed by atoms with van der Waals surface area (Å²) in [6.07, 6.45) is 1.63. The molecule has 4 nitrogen and oxygen atoms in total. The van der Waals surface area contributed by atoms with E-state index in [1.54, 1.807) is 6.08 Å². The molecule has 1 N–H and O–H groups in total. The third-order valence-corrected chi connectivity index (χ3v) is 3.74. The number of likely N-dealkylation sites (N-methyl/N-ethyl adjacent to an activating group) is 1. The molecule has 1 aliphatic heterocycles. The molecule has 1 amide bonds. The summed E-state index contributed by atoms with van der Waals surface area (Å²) in [6.45, 7) is 11.3. The maximum Gasteiger partial charge on any atom is 0.248 e. The van der Waals surface area contributed by atoms with Crippen LogP contribution >= 0.6 is 0 Å². The molecule has 2 rings (SSSR count). The fourth-order valence-corrected chi connectivity index (χ4v) is 2.59. The summed E-state index contributed by atoms with van der Waals surface area (Å²) in [4.78, 5) is 16.7. The van der Waals surface area contributed by atoms with Gasteiger partial charge in [0.25, 0.3) is 0 Å². The first-order chi connectivity index (χ1) is 10.1. The summed E-state index contributed by atoms with van der Waals surface area (Å²) >= 11 is 0. The van der Waals surface area contributed by atoms with Gasteiger partial charge in [0, 0.05) is 32.3 Å². The molecule has 1 aliphatic rings. The number of piperazine rings is 1. The van der Waals surface area contributed by atoms with Gasteiger partial charge in [-0.3, -0.25) is 4.79 Å². The van der Waals surface area contributed by atoms with Crippen LogP contribution in [0, 0.1) is 0 Å². The third kappa shape index (κ3) is 4.33. The Morgan fingerprint density at radius 2 is 1.86 bits per heavy atom. The molecule has 4 heteroatoms. The van der Waals surface area contributed by atoms with Gasteiger partial charge in [-0.05, 0) is 32.5 Å². The fraction of sp³-hybridized carbons (Fsp3) is 0.471. The highest BCUT2D eigenvalue weighted by molar-refractivity contribution is 6.01. The lowest BCUT2D eigenvalue weighted by atomic mass is 10.2. The van der Waals surface area contributed by atoms with Gasteiger partial charge in [0.1, 0.15) is 0 Å². The van der Waals surface area contributed by atoms with Crippen LogP contribution in [0.2, 0.25) is 0 Å². The Bertz CT molecular complexity index is 513. The van der Waals surface area contributed by atoms with Gasteiger partial charge in [0.05, 0.1) is 11.4 Å². The summed E-state index contributed by atoms with van der Waals surface area (Å²) in [5.74, 6) is -0.0605. The maximum atomic E-state index is 11.9. The molecule has 1 fully saturated rings. The monoisotopic (exact) mass is 287 g/mol. The molecule has 114 valence electrons. The quantitative estimate of drug-likeness (QED) is 0.865. The highest BCUT2D eigenvalue weighted by Crippen LogP contribution is 2.26. The van der Waals surface area contributed by atoms with Crippen LogP contribution in [0.4, 0.5) is 11.4 Å². The van der Waals surface area contributed by atoms with Crippen LogP contribution < -0.4 is 10.2 Å². The van der Waals surface area contributed by atoms with E-state index in [-0.39, 0.29) is 5.91 Å². The van der Waals surface area contributed by atoms with Crippen molar-refractivity contribution in [2.75, 3.05) is 42.9 Å². The van der Waals surface area contributed by atoms with E-state index in [0.717, 1.165) is 49.7 Å². The van der Waals surface area contributed by atoms with Gasteiger partial charge in [-0.25, -0.2) is 0 Å². The molecular weight excluding hydrogens is 262 g/mol. The number of carbonyl (C=O) groups is 1. The van der Waals surface area contributed by atoms with Crippen molar-refractivity contribution in [2.24, 2.45) is 0 Å². The van der Waals surface area contributed by atoms with Crippen LogP contribution in [0.1, 0.15) is 20.8 Å². The first-order valence-electron chi connectivity index (χ1n) is 7.62. The van der Waals surface area contributed by atoms with E-state index in [1.165, 1.54) is 0 Å². The number of para-hydroxylation sites is 2. The number of carbonyl (C=O) groups excluding carboxylic acids is 1. The standard InChI is InChI=1S/C17H25N3O/c1-4-19-9-11-20(12-10-19)16-8-6-5-7-15(16)18-17(21)13-14(2)3/h5-8,13H,4,9-12H2,1-3H3,(H,18,21). The molecule has 0 aromatic heterocycles. The number of hydrogen-bond acceptors (Lipinski definition) is 3. The van der Waals surface area contributed by atoms with E-state index < -0.39 is 0 Å². The number of nitrogens with one attached hydrogen (secondary N) is 1. The molecule has 1 saturated heterocycles. The Kier molecular flexibility index (Phi) is 5.39. The summed E-state index contributed by atoms with van der Waals surface area (Å²) in [6, 6.07) is 8.04. The number of rotatable bonds is 4. The van der Waals surface area contributed by atoms with Crippen molar-refractivity contribution in [3.8, 4) is 0 Å². The minimum Gasteiger partial charge on any atom is -0.367 e. The predicted octanol–water partition coefficient (Wildman–Crippen LogP) is 2.73. The van der Waals surface area contributed by atoms with E-state index in [9.17, 15) is 4.79 Å². The van der Waals surface area contributed by atoms with E-state index in [4.69, 9.17) is 0 Å². The summed E-state index contributed by atoms with van der Waals surface area (Å²) in [5.41, 5.74) is 3.01. The zero-order valence-electron chi connectivity index (χ0n) is 13.2. The fourth-order valence-electron chi connectivity index (χ4n) is 2.59. The average Bonchev–Trinajstić information content (AvgIpc) is 2.47. The lowest BCUT2D eigenvalue weighted by Gasteiger charge is -2.36. The Labute approximate surface area is 127 Å². The minimum atomic E-state index is -0.0605. The van der Waals surface area contributed by atoms with Crippen LogP contribution in [0.25, 0.3) is 0 Å². The Morgan fingerprint density at radius 3 is 2.48 bits per heavy atom. The SMILES string of the molecule is CCN1CCN(c2ccccc2NC(=O)C=C(C)C)CC1. The number of hydrogen-bond donors (Lipinski definition) is 1. The van der Waals surface area contributed by atoms with Gasteiger partial charge >= 0.3 is 0 Å². The van der Waals surface area contributed by atoms with Crippen molar-refractivity contribution < 1.29 is 4.79 Å². The molecule has 1 aromatic carbocycles. The maximum absolute atomic E-state index is 11.9. The molecule has 21 heavy (non-hydrogen) atoms. The second-order valence-corrected chi connectivity index (χ2v) is 5.65. The molecule has 1 heterocycles. The Morgan fingerprint density at radius 1 is 1.19 bits per heavy atom. The molecule has 0 bridgehead atoms. The molecule has 0 atom stereocenters. The van der Waals surface area contributed by atoms with Gasteiger partial charge in [-0.1, -0.05) is 24.6 Å². The smallest absolute Gasteiger partial charge is 0.248 e. The van der Waals surface area contributed by atoms with E-state index >= 15 is 0 Å². The van der Waals surface area contributed by atoms with Crippen molar-refractivity contribution in [1.82, 2.24) is 4.90 Å². The Balaban J connectivity index is 2.10. The summed E-state index contributed by atoms with van der Waals surface area (Å²) in [5, 5.41) is 2.99. The second-order valence-electron chi connectivity index (χ2n) is 5.65. The van der Waals surface area contributed by atoms with Crippen LogP contribution in [0.15, 0.2) is 35.9 Å². The van der Waals surface area contributed by atoms with Gasteiger partial charge in [-0.2, -0.15) is 0 Å². The zero-order valence-corrected chi connectivity index (χ0v) is 13.2. The van der Waals surface area contributed by atoms with Crippen LogP contribution in [0.3, 0.4) is 0 Å². The van der Waals surface area contributed by atoms with Gasteiger partial charge in [-0.15, -0.1) is 0 Å². The summed E-state index contributed by atoms with van der Waals surface area (Å²) in [7, 11) is 0. The lowest BCUT2D eigenvalue weighted by Crippen LogP contribution is -2.46. The zero-order chi connectivity index (χ0) is 15.2.